The summed E-state index contributed by atoms with van der Waals surface area (Å²) >= 11 is 0. The molecule has 16 heavy (non-hydrogen) atoms. The van der Waals surface area contributed by atoms with Gasteiger partial charge < -0.3 is 10.2 Å². The Morgan fingerprint density at radius 3 is 1.38 bits per heavy atom. The van der Waals surface area contributed by atoms with Gasteiger partial charge in [-0.25, -0.2) is 18.4 Å². The highest BCUT2D eigenvalue weighted by Crippen LogP contribution is 2.14. The van der Waals surface area contributed by atoms with E-state index in [0.717, 1.165) is 0 Å². The van der Waals surface area contributed by atoms with Gasteiger partial charge in [-0.3, -0.25) is 0 Å². The SMILES string of the molecule is CC.O=C(O)c1cc(F)c(C(=O)O)cc1F. The lowest BCUT2D eigenvalue weighted by atomic mass is 10.1. The fourth-order valence-electron chi connectivity index (χ4n) is 0.875. The summed E-state index contributed by atoms with van der Waals surface area (Å²) in [6, 6.07) is 0.669. The molecule has 0 radical (unpaired) electrons. The third-order valence-corrected chi connectivity index (χ3v) is 1.52. The lowest BCUT2D eigenvalue weighted by Crippen LogP contribution is -2.07. The maximum absolute atomic E-state index is 12.8. The predicted molar refractivity (Wildman–Crippen MR) is 51.6 cm³/mol. The molecule has 0 saturated heterocycles. The van der Waals surface area contributed by atoms with Crippen molar-refractivity contribution in [3.05, 3.63) is 34.9 Å². The molecule has 0 bridgehead atoms. The third-order valence-electron chi connectivity index (χ3n) is 1.52. The van der Waals surface area contributed by atoms with Crippen LogP contribution in [-0.2, 0) is 0 Å². The number of aromatic carboxylic acids is 2. The molecule has 6 heteroatoms. The van der Waals surface area contributed by atoms with E-state index in [-0.39, 0.29) is 0 Å². The molecule has 0 spiro atoms. The first-order chi connectivity index (χ1) is 7.43. The molecule has 2 N–H and O–H groups in total. The Balaban J connectivity index is 0.00000106. The molecule has 0 amide bonds. The topological polar surface area (TPSA) is 74.6 Å². The second-order valence-electron chi connectivity index (χ2n) is 2.42. The highest BCUT2D eigenvalue weighted by Gasteiger charge is 2.18. The molecule has 88 valence electrons. The number of carboxylic acid groups (broad SMARTS) is 2. The zero-order chi connectivity index (χ0) is 12.9. The average Bonchev–Trinajstić information content (AvgIpc) is 2.23. The second-order valence-corrected chi connectivity index (χ2v) is 2.42. The van der Waals surface area contributed by atoms with Crippen LogP contribution in [0, 0.1) is 11.6 Å². The maximum atomic E-state index is 12.8. The first-order valence-corrected chi connectivity index (χ1v) is 4.39. The normalized spacial score (nSPS) is 9.00. The summed E-state index contributed by atoms with van der Waals surface area (Å²) in [7, 11) is 0. The van der Waals surface area contributed by atoms with E-state index in [2.05, 4.69) is 0 Å². The van der Waals surface area contributed by atoms with E-state index in [1.54, 1.807) is 0 Å². The Hall–Kier alpha value is -1.98. The van der Waals surface area contributed by atoms with Crippen LogP contribution in [0.5, 0.6) is 0 Å². The molecule has 0 saturated carbocycles. The van der Waals surface area contributed by atoms with Crippen molar-refractivity contribution in [1.82, 2.24) is 0 Å². The number of benzene rings is 1. The summed E-state index contributed by atoms with van der Waals surface area (Å²) in [5.41, 5.74) is -1.79. The van der Waals surface area contributed by atoms with E-state index in [1.807, 2.05) is 13.8 Å². The molecule has 4 nitrogen and oxygen atoms in total. The number of carboxylic acids is 2. The molecule has 0 aliphatic rings. The smallest absolute Gasteiger partial charge is 0.338 e. The van der Waals surface area contributed by atoms with Crippen LogP contribution in [0.4, 0.5) is 8.78 Å². The largest absolute Gasteiger partial charge is 0.478 e. The Morgan fingerprint density at radius 2 is 1.19 bits per heavy atom. The lowest BCUT2D eigenvalue weighted by Gasteiger charge is -2.00. The van der Waals surface area contributed by atoms with Gasteiger partial charge in [-0.15, -0.1) is 0 Å². The number of hydrogen-bond acceptors (Lipinski definition) is 2. The van der Waals surface area contributed by atoms with Gasteiger partial charge in [0.15, 0.2) is 0 Å². The van der Waals surface area contributed by atoms with Crippen molar-refractivity contribution >= 4 is 11.9 Å². The second kappa shape index (κ2) is 5.79. The van der Waals surface area contributed by atoms with Crippen LogP contribution in [0.25, 0.3) is 0 Å². The van der Waals surface area contributed by atoms with Crippen LogP contribution in [0.1, 0.15) is 34.6 Å². The van der Waals surface area contributed by atoms with Crippen molar-refractivity contribution in [2.24, 2.45) is 0 Å². The van der Waals surface area contributed by atoms with E-state index in [4.69, 9.17) is 10.2 Å². The van der Waals surface area contributed by atoms with Crippen molar-refractivity contribution in [3.63, 3.8) is 0 Å². The Bertz CT molecular complexity index is 376. The summed E-state index contributed by atoms with van der Waals surface area (Å²) in [4.78, 5) is 20.6. The molecule has 0 atom stereocenters. The van der Waals surface area contributed by atoms with Crippen LogP contribution in [-0.4, -0.2) is 22.2 Å². The van der Waals surface area contributed by atoms with E-state index in [1.165, 1.54) is 0 Å². The van der Waals surface area contributed by atoms with E-state index in [0.29, 0.717) is 12.1 Å². The maximum Gasteiger partial charge on any atom is 0.338 e. The number of carbonyl (C=O) groups is 2. The van der Waals surface area contributed by atoms with Crippen molar-refractivity contribution in [1.29, 1.82) is 0 Å². The molecule has 0 heterocycles. The fourth-order valence-corrected chi connectivity index (χ4v) is 0.875. The van der Waals surface area contributed by atoms with Gasteiger partial charge in [0.1, 0.15) is 11.6 Å². The van der Waals surface area contributed by atoms with E-state index < -0.39 is 34.7 Å². The number of halogens is 2. The van der Waals surface area contributed by atoms with Crippen molar-refractivity contribution < 1.29 is 28.6 Å². The molecule has 1 aromatic carbocycles. The molecule has 0 aliphatic carbocycles. The van der Waals surface area contributed by atoms with Gasteiger partial charge in [-0.2, -0.15) is 0 Å². The van der Waals surface area contributed by atoms with Gasteiger partial charge in [0.2, 0.25) is 0 Å². The van der Waals surface area contributed by atoms with Crippen LogP contribution in [0.2, 0.25) is 0 Å². The van der Waals surface area contributed by atoms with Gasteiger partial charge >= 0.3 is 11.9 Å². The molecule has 0 aliphatic heterocycles. The van der Waals surface area contributed by atoms with E-state index in [9.17, 15) is 18.4 Å². The quantitative estimate of drug-likeness (QED) is 0.820. The summed E-state index contributed by atoms with van der Waals surface area (Å²) in [5, 5.41) is 16.7. The predicted octanol–water partition coefficient (Wildman–Crippen LogP) is 2.39. The standard InChI is InChI=1S/C8H4F2O4.C2H6/c9-5-1-3(7(11)12)6(10)2-4(5)8(13)14;1-2/h1-2H,(H,11,12)(H,13,14);1-2H3. The summed E-state index contributed by atoms with van der Waals surface area (Å²) in [6.45, 7) is 4.00. The molecular formula is C10H10F2O4. The minimum atomic E-state index is -1.65. The zero-order valence-electron chi connectivity index (χ0n) is 8.62. The Labute approximate surface area is 90.1 Å². The van der Waals surface area contributed by atoms with Crippen molar-refractivity contribution in [2.45, 2.75) is 13.8 Å². The average molecular weight is 232 g/mol. The minimum absolute atomic E-state index is 0.334. The monoisotopic (exact) mass is 232 g/mol. The summed E-state index contributed by atoms with van der Waals surface area (Å²) in [5.74, 6) is -5.87. The van der Waals surface area contributed by atoms with Gasteiger partial charge in [0.25, 0.3) is 0 Å². The first kappa shape index (κ1) is 14.0. The van der Waals surface area contributed by atoms with Crippen LogP contribution in [0.3, 0.4) is 0 Å². The first-order valence-electron chi connectivity index (χ1n) is 4.39. The Kier molecular flexibility index (Phi) is 5.08. The lowest BCUT2D eigenvalue weighted by molar-refractivity contribution is 0.0672. The van der Waals surface area contributed by atoms with Crippen LogP contribution < -0.4 is 0 Å². The van der Waals surface area contributed by atoms with Crippen LogP contribution in [0.15, 0.2) is 12.1 Å². The fraction of sp³-hybridized carbons (Fsp3) is 0.200. The van der Waals surface area contributed by atoms with Crippen molar-refractivity contribution in [2.75, 3.05) is 0 Å². The molecule has 0 unspecified atom stereocenters. The molecule has 1 aromatic rings. The molecular weight excluding hydrogens is 222 g/mol. The highest BCUT2D eigenvalue weighted by atomic mass is 19.1. The van der Waals surface area contributed by atoms with Gasteiger partial charge in [0.05, 0.1) is 11.1 Å². The molecule has 0 aromatic heterocycles. The highest BCUT2D eigenvalue weighted by molar-refractivity contribution is 5.92. The summed E-state index contributed by atoms with van der Waals surface area (Å²) < 4.78 is 25.7. The number of hydrogen-bond donors (Lipinski definition) is 2. The molecule has 1 rings (SSSR count). The van der Waals surface area contributed by atoms with Crippen molar-refractivity contribution in [3.8, 4) is 0 Å². The zero-order valence-corrected chi connectivity index (χ0v) is 8.62. The van der Waals surface area contributed by atoms with Gasteiger partial charge in [0, 0.05) is 0 Å². The Morgan fingerprint density at radius 1 is 0.938 bits per heavy atom. The third kappa shape index (κ3) is 3.01. The van der Waals surface area contributed by atoms with Crippen LogP contribution >= 0.6 is 0 Å². The number of rotatable bonds is 2. The minimum Gasteiger partial charge on any atom is -0.478 e. The summed E-state index contributed by atoms with van der Waals surface area (Å²) in [6.07, 6.45) is 0. The molecule has 0 fully saturated rings. The van der Waals surface area contributed by atoms with E-state index >= 15 is 0 Å². The van der Waals surface area contributed by atoms with Gasteiger partial charge in [-0.1, -0.05) is 13.8 Å². The van der Waals surface area contributed by atoms with Gasteiger partial charge in [-0.05, 0) is 12.1 Å².